The summed E-state index contributed by atoms with van der Waals surface area (Å²) in [6.07, 6.45) is 36.0. The summed E-state index contributed by atoms with van der Waals surface area (Å²) in [5, 5.41) is 50.3. The average molecular weight is 951 g/mol. The first-order valence-electron chi connectivity index (χ1n) is 27.4. The monoisotopic (exact) mass is 951 g/mol. The molecule has 1 aliphatic carbocycles. The van der Waals surface area contributed by atoms with Gasteiger partial charge in [0.05, 0.1) is 13.2 Å². The number of carbonyl (C=O) groups excluding carboxylic acids is 1. The lowest BCUT2D eigenvalue weighted by atomic mass is 9.85. The van der Waals surface area contributed by atoms with Gasteiger partial charge in [-0.05, 0) is 12.8 Å². The lowest BCUT2D eigenvalue weighted by molar-refractivity contribution is -0.220. The van der Waals surface area contributed by atoms with Crippen LogP contribution in [0.5, 0.6) is 0 Å². The molecule has 0 spiro atoms. The summed E-state index contributed by atoms with van der Waals surface area (Å²) in [6.45, 7) is 4.33. The van der Waals surface area contributed by atoms with Crippen LogP contribution in [0.25, 0.3) is 0 Å². The minimum absolute atomic E-state index is 0.0673. The molecule has 0 aromatic heterocycles. The van der Waals surface area contributed by atoms with E-state index in [1.165, 1.54) is 199 Å². The zero-order valence-corrected chi connectivity index (χ0v) is 42.7. The number of carbonyl (C=O) groups is 1. The van der Waals surface area contributed by atoms with Crippen LogP contribution < -0.4 is 0 Å². The Kier molecular flexibility index (Phi) is 41.6. The molecule has 1 aliphatic rings. The first-order chi connectivity index (χ1) is 31.5. The molecule has 388 valence electrons. The fourth-order valence-electron chi connectivity index (χ4n) is 8.89. The first kappa shape index (κ1) is 62.4. The summed E-state index contributed by atoms with van der Waals surface area (Å²) in [5.41, 5.74) is 0. The second-order valence-electron chi connectivity index (χ2n) is 19.5. The molecule has 1 rings (SSSR count). The number of aliphatic hydroxyl groups is 5. The average Bonchev–Trinajstić information content (AvgIpc) is 3.29. The number of unbranched alkanes of at least 4 members (excludes halogenated alkanes) is 36. The van der Waals surface area contributed by atoms with Crippen LogP contribution in [-0.4, -0.2) is 98.9 Å². The van der Waals surface area contributed by atoms with Gasteiger partial charge in [-0.15, -0.1) is 0 Å². The van der Waals surface area contributed by atoms with Gasteiger partial charge in [0.15, 0.2) is 0 Å². The van der Waals surface area contributed by atoms with Crippen LogP contribution in [0.3, 0.4) is 0 Å². The highest BCUT2D eigenvalue weighted by Gasteiger charge is 2.51. The summed E-state index contributed by atoms with van der Waals surface area (Å²) in [5.74, 6) is -0.468. The van der Waals surface area contributed by atoms with E-state index in [0.717, 1.165) is 38.5 Å². The van der Waals surface area contributed by atoms with E-state index in [-0.39, 0.29) is 13.0 Å². The molecule has 0 aromatic carbocycles. The Morgan fingerprint density at radius 2 is 0.723 bits per heavy atom. The van der Waals surface area contributed by atoms with Crippen molar-refractivity contribution in [3.05, 3.63) is 0 Å². The molecule has 0 amide bonds. The van der Waals surface area contributed by atoms with Gasteiger partial charge in [0, 0.05) is 13.0 Å². The second-order valence-corrected chi connectivity index (χ2v) is 20.9. The van der Waals surface area contributed by atoms with Crippen molar-refractivity contribution in [3.63, 3.8) is 0 Å². The van der Waals surface area contributed by atoms with E-state index in [4.69, 9.17) is 18.5 Å². The van der Waals surface area contributed by atoms with Gasteiger partial charge < -0.3 is 39.9 Å². The molecule has 65 heavy (non-hydrogen) atoms. The van der Waals surface area contributed by atoms with Crippen LogP contribution >= 0.6 is 7.82 Å². The van der Waals surface area contributed by atoms with Gasteiger partial charge in [0.1, 0.15) is 42.7 Å². The van der Waals surface area contributed by atoms with Crippen LogP contribution in [0, 0.1) is 0 Å². The number of esters is 1. The quantitative estimate of drug-likeness (QED) is 0.0192. The van der Waals surface area contributed by atoms with Crippen LogP contribution in [0.4, 0.5) is 0 Å². The minimum atomic E-state index is -5.02. The lowest BCUT2D eigenvalue weighted by Crippen LogP contribution is -2.64. The molecule has 1 fully saturated rings. The molecule has 0 aromatic rings. The van der Waals surface area contributed by atoms with Gasteiger partial charge in [-0.1, -0.05) is 245 Å². The predicted octanol–water partition coefficient (Wildman–Crippen LogP) is 12.5. The Labute approximate surface area is 397 Å². The Morgan fingerprint density at radius 1 is 0.431 bits per heavy atom. The molecular formula is C52H103O12P. The highest BCUT2D eigenvalue weighted by molar-refractivity contribution is 7.47. The van der Waals surface area contributed by atoms with Crippen molar-refractivity contribution in [2.24, 2.45) is 0 Å². The number of phosphoric acid groups is 1. The molecule has 6 atom stereocenters. The van der Waals surface area contributed by atoms with E-state index in [9.17, 15) is 39.8 Å². The third kappa shape index (κ3) is 35.2. The Hall–Kier alpha value is -0.660. The molecule has 0 radical (unpaired) electrons. The van der Waals surface area contributed by atoms with Gasteiger partial charge in [0.2, 0.25) is 0 Å². The van der Waals surface area contributed by atoms with Gasteiger partial charge in [-0.2, -0.15) is 0 Å². The van der Waals surface area contributed by atoms with Crippen molar-refractivity contribution in [1.82, 2.24) is 0 Å². The van der Waals surface area contributed by atoms with Crippen molar-refractivity contribution in [1.29, 1.82) is 0 Å². The highest BCUT2D eigenvalue weighted by Crippen LogP contribution is 2.47. The molecule has 0 saturated heterocycles. The summed E-state index contributed by atoms with van der Waals surface area (Å²) in [4.78, 5) is 23.3. The summed E-state index contributed by atoms with van der Waals surface area (Å²) in [7, 11) is -5.02. The van der Waals surface area contributed by atoms with E-state index in [1.807, 2.05) is 0 Å². The molecule has 6 N–H and O–H groups in total. The first-order valence-corrected chi connectivity index (χ1v) is 28.9. The Bertz CT molecular complexity index is 1080. The molecule has 6 unspecified atom stereocenters. The molecule has 12 nitrogen and oxygen atoms in total. The Morgan fingerprint density at radius 3 is 1.06 bits per heavy atom. The summed E-state index contributed by atoms with van der Waals surface area (Å²) < 4.78 is 34.4. The largest absolute Gasteiger partial charge is 0.472 e. The summed E-state index contributed by atoms with van der Waals surface area (Å²) in [6, 6.07) is 0. The van der Waals surface area contributed by atoms with Crippen molar-refractivity contribution < 1.29 is 58.3 Å². The van der Waals surface area contributed by atoms with Crippen molar-refractivity contribution in [3.8, 4) is 0 Å². The lowest BCUT2D eigenvalue weighted by Gasteiger charge is -2.41. The number of rotatable bonds is 48. The minimum Gasteiger partial charge on any atom is -0.457 e. The van der Waals surface area contributed by atoms with Gasteiger partial charge in [-0.25, -0.2) is 4.57 Å². The van der Waals surface area contributed by atoms with Gasteiger partial charge >= 0.3 is 13.8 Å². The highest BCUT2D eigenvalue weighted by atomic mass is 31.2. The topological polar surface area (TPSA) is 192 Å². The van der Waals surface area contributed by atoms with Crippen LogP contribution in [-0.2, 0) is 27.9 Å². The van der Waals surface area contributed by atoms with E-state index >= 15 is 0 Å². The van der Waals surface area contributed by atoms with Gasteiger partial charge in [0.25, 0.3) is 0 Å². The second kappa shape index (κ2) is 43.4. The number of aliphatic hydroxyl groups excluding tert-OH is 5. The van der Waals surface area contributed by atoms with Gasteiger partial charge in [-0.3, -0.25) is 13.8 Å². The maximum Gasteiger partial charge on any atom is 0.472 e. The molecular weight excluding hydrogens is 848 g/mol. The number of hydrogen-bond acceptors (Lipinski definition) is 11. The maximum absolute atomic E-state index is 12.9. The molecule has 0 aliphatic heterocycles. The Balaban J connectivity index is 2.29. The molecule has 13 heteroatoms. The molecule has 0 bridgehead atoms. The van der Waals surface area contributed by atoms with E-state index < -0.39 is 63.1 Å². The third-order valence-electron chi connectivity index (χ3n) is 13.2. The van der Waals surface area contributed by atoms with E-state index in [1.54, 1.807) is 0 Å². The number of hydrogen-bond donors (Lipinski definition) is 6. The fraction of sp³-hybridized carbons (Fsp3) is 0.981. The van der Waals surface area contributed by atoms with Crippen LogP contribution in [0.15, 0.2) is 0 Å². The summed E-state index contributed by atoms with van der Waals surface area (Å²) >= 11 is 0. The zero-order chi connectivity index (χ0) is 47.6. The number of ether oxygens (including phenoxy) is 2. The molecule has 0 heterocycles. The SMILES string of the molecule is CCCCCCCCCCCCCCCCCCCCCCCC(=O)OC(COCCCCCCCCCCCCCCCCCCC)COP(=O)(O)OC1C(O)C(O)C(O)C(O)C1O. The number of phosphoric ester groups is 1. The van der Waals surface area contributed by atoms with Crippen molar-refractivity contribution in [2.45, 2.75) is 307 Å². The van der Waals surface area contributed by atoms with E-state index in [0.29, 0.717) is 13.0 Å². The fourth-order valence-corrected chi connectivity index (χ4v) is 9.86. The zero-order valence-electron chi connectivity index (χ0n) is 41.8. The van der Waals surface area contributed by atoms with Crippen molar-refractivity contribution >= 4 is 13.8 Å². The predicted molar refractivity (Wildman–Crippen MR) is 263 cm³/mol. The van der Waals surface area contributed by atoms with Crippen LogP contribution in [0.2, 0.25) is 0 Å². The van der Waals surface area contributed by atoms with Crippen LogP contribution in [0.1, 0.15) is 264 Å². The third-order valence-corrected chi connectivity index (χ3v) is 14.2. The standard InChI is InChI=1S/C52H103O12P/c1-3-5-7-9-11-13-15-17-19-21-22-23-24-25-27-29-31-33-35-37-39-41-46(53)63-45(44-62-65(59,60)64-52-50(57)48(55)47(54)49(56)51(52)58)43-61-42-40-38-36-34-32-30-28-26-20-18-16-14-12-10-8-6-4-2/h45,47-52,54-58H,3-44H2,1-2H3,(H,59,60). The van der Waals surface area contributed by atoms with E-state index in [2.05, 4.69) is 13.8 Å². The normalized spacial score (nSPS) is 21.4. The smallest absolute Gasteiger partial charge is 0.457 e. The maximum atomic E-state index is 12.9. The van der Waals surface area contributed by atoms with Crippen molar-refractivity contribution in [2.75, 3.05) is 19.8 Å². The molecule has 1 saturated carbocycles.